The van der Waals surface area contributed by atoms with Gasteiger partial charge >= 0.3 is 0 Å². The topological polar surface area (TPSA) is 35.6 Å². The highest BCUT2D eigenvalue weighted by Gasteiger charge is 2.58. The number of benzene rings is 9. The van der Waals surface area contributed by atoms with Gasteiger partial charge in [0.1, 0.15) is 0 Å². The Morgan fingerprint density at radius 3 is 1.62 bits per heavy atom. The lowest BCUT2D eigenvalue weighted by molar-refractivity contribution is 0.561. The lowest BCUT2D eigenvalue weighted by Crippen LogP contribution is -2.41. The van der Waals surface area contributed by atoms with E-state index in [1.54, 1.807) is 0 Å². The summed E-state index contributed by atoms with van der Waals surface area (Å²) in [5.41, 5.74) is 25.3. The van der Waals surface area contributed by atoms with Gasteiger partial charge in [-0.2, -0.15) is 0 Å². The van der Waals surface area contributed by atoms with Crippen LogP contribution < -0.4 is 0 Å². The number of aromatic nitrogens is 4. The zero-order valence-electron chi connectivity index (χ0n) is 40.2. The molecule has 0 radical (unpaired) electrons. The van der Waals surface area contributed by atoms with E-state index in [1.807, 2.05) is 6.20 Å². The molecule has 1 unspecified atom stereocenters. The first-order valence-corrected chi connectivity index (χ1v) is 25.6. The molecule has 4 heteroatoms. The predicted molar refractivity (Wildman–Crippen MR) is 296 cm³/mol. The van der Waals surface area contributed by atoms with Gasteiger partial charge in [0.05, 0.1) is 56.2 Å². The van der Waals surface area contributed by atoms with Crippen molar-refractivity contribution < 1.29 is 0 Å². The van der Waals surface area contributed by atoms with Crippen molar-refractivity contribution in [2.24, 2.45) is 0 Å². The van der Waals surface area contributed by atoms with E-state index < -0.39 is 10.8 Å². The highest BCUT2D eigenvalue weighted by atomic mass is 15.0. The quantitative estimate of drug-likeness (QED) is 0.173. The van der Waals surface area contributed by atoms with Crippen molar-refractivity contribution in [3.05, 3.63) is 286 Å². The monoisotopic (exact) mass is 928 g/mol. The minimum atomic E-state index is -0.744. The van der Waals surface area contributed by atoms with E-state index in [0.717, 1.165) is 33.8 Å². The molecule has 0 saturated heterocycles. The van der Waals surface area contributed by atoms with Crippen molar-refractivity contribution >= 4 is 43.6 Å². The maximum atomic E-state index is 5.62. The molecule has 4 aromatic heterocycles. The Morgan fingerprint density at radius 2 is 0.890 bits per heavy atom. The van der Waals surface area contributed by atoms with Crippen LogP contribution in [0.2, 0.25) is 0 Å². The number of fused-ring (bicyclic) bond motifs is 26. The molecule has 1 atom stereocenters. The molecule has 0 saturated carbocycles. The zero-order chi connectivity index (χ0) is 48.0. The predicted octanol–water partition coefficient (Wildman–Crippen LogP) is 16.0. The Kier molecular flexibility index (Phi) is 7.39. The van der Waals surface area contributed by atoms with Crippen molar-refractivity contribution in [1.82, 2.24) is 19.1 Å². The molecule has 340 valence electrons. The van der Waals surface area contributed by atoms with E-state index in [4.69, 9.17) is 9.97 Å². The normalized spacial score (nSPS) is 16.6. The van der Waals surface area contributed by atoms with Crippen molar-refractivity contribution in [1.29, 1.82) is 0 Å². The van der Waals surface area contributed by atoms with E-state index in [9.17, 15) is 0 Å². The minimum Gasteiger partial charge on any atom is -0.309 e. The van der Waals surface area contributed by atoms with Gasteiger partial charge in [0.2, 0.25) is 0 Å². The van der Waals surface area contributed by atoms with Gasteiger partial charge in [-0.15, -0.1) is 0 Å². The van der Waals surface area contributed by atoms with Crippen LogP contribution in [0.4, 0.5) is 0 Å². The summed E-state index contributed by atoms with van der Waals surface area (Å²) >= 11 is 0. The van der Waals surface area contributed by atoms with Crippen LogP contribution in [0.15, 0.2) is 231 Å². The van der Waals surface area contributed by atoms with Crippen LogP contribution in [0.25, 0.3) is 88.6 Å². The molecule has 9 aromatic carbocycles. The summed E-state index contributed by atoms with van der Waals surface area (Å²) in [6, 6.07) is 82.1. The first-order valence-electron chi connectivity index (χ1n) is 25.6. The molecule has 13 aromatic rings. The van der Waals surface area contributed by atoms with E-state index in [1.165, 1.54) is 110 Å². The molecule has 0 aliphatic heterocycles. The molecule has 4 aliphatic carbocycles. The van der Waals surface area contributed by atoms with Crippen LogP contribution in [-0.2, 0) is 16.2 Å². The molecule has 4 nitrogen and oxygen atoms in total. The lowest BCUT2D eigenvalue weighted by Gasteiger charge is -2.47. The average Bonchev–Trinajstić information content (AvgIpc) is 4.23. The van der Waals surface area contributed by atoms with Crippen LogP contribution in [0, 0.1) is 0 Å². The summed E-state index contributed by atoms with van der Waals surface area (Å²) in [4.78, 5) is 10.9. The highest BCUT2D eigenvalue weighted by molar-refractivity contribution is 6.26. The van der Waals surface area contributed by atoms with Crippen LogP contribution in [0.3, 0.4) is 0 Å². The second-order valence-electron chi connectivity index (χ2n) is 21.1. The summed E-state index contributed by atoms with van der Waals surface area (Å²) in [5, 5.41) is 4.87. The molecule has 73 heavy (non-hydrogen) atoms. The highest BCUT2D eigenvalue weighted by Crippen LogP contribution is 2.67. The van der Waals surface area contributed by atoms with Crippen molar-refractivity contribution in [3.63, 3.8) is 0 Å². The maximum absolute atomic E-state index is 5.62. The average molecular weight is 929 g/mol. The van der Waals surface area contributed by atoms with Gasteiger partial charge in [-0.3, -0.25) is 9.97 Å². The molecule has 4 aliphatic rings. The molecule has 2 spiro atoms. The molecule has 0 bridgehead atoms. The summed E-state index contributed by atoms with van der Waals surface area (Å²) < 4.78 is 4.93. The molecule has 4 heterocycles. The van der Waals surface area contributed by atoms with Gasteiger partial charge in [-0.05, 0) is 121 Å². The fraction of sp³-hybridized carbons (Fsp3) is 0.0725. The van der Waals surface area contributed by atoms with Gasteiger partial charge in [0.25, 0.3) is 0 Å². The second-order valence-corrected chi connectivity index (χ2v) is 21.1. The van der Waals surface area contributed by atoms with E-state index >= 15 is 0 Å². The summed E-state index contributed by atoms with van der Waals surface area (Å²) in [6.45, 7) is 4.89. The van der Waals surface area contributed by atoms with Crippen molar-refractivity contribution in [3.8, 4) is 45.0 Å². The van der Waals surface area contributed by atoms with Crippen LogP contribution in [-0.4, -0.2) is 19.1 Å². The van der Waals surface area contributed by atoms with E-state index in [2.05, 4.69) is 248 Å². The van der Waals surface area contributed by atoms with Crippen LogP contribution in [0.1, 0.15) is 69.5 Å². The van der Waals surface area contributed by atoms with Gasteiger partial charge in [-0.1, -0.05) is 184 Å². The van der Waals surface area contributed by atoms with E-state index in [-0.39, 0.29) is 5.41 Å². The molecule has 0 amide bonds. The number of rotatable bonds is 2. The van der Waals surface area contributed by atoms with Gasteiger partial charge < -0.3 is 9.13 Å². The maximum Gasteiger partial charge on any atom is 0.0939 e. The largest absolute Gasteiger partial charge is 0.309 e. The van der Waals surface area contributed by atoms with Gasteiger partial charge in [-0.25, -0.2) is 0 Å². The fourth-order valence-electron chi connectivity index (χ4n) is 14.9. The smallest absolute Gasteiger partial charge is 0.0939 e. The Morgan fingerprint density at radius 1 is 0.329 bits per heavy atom. The molecule has 0 fully saturated rings. The number of hydrogen-bond acceptors (Lipinski definition) is 2. The molecular formula is C69H44N4. The third-order valence-corrected chi connectivity index (χ3v) is 17.7. The SMILES string of the molecule is CC1(C)c2ccccc2C2(c3cc4c(cc31)C1(c3ccccc3-c3ccccc31)c1ccccc1-4)c1cccnc1-c1ncc(-n3c4ccccc4c4ccc5c(c6ccccc6n5-c5ccccc5)c43)cc12. The first kappa shape index (κ1) is 39.6. The molecular weight excluding hydrogens is 885 g/mol. The second kappa shape index (κ2) is 13.6. The third kappa shape index (κ3) is 4.57. The number of pyridine rings is 2. The Bertz CT molecular complexity index is 4560. The van der Waals surface area contributed by atoms with Crippen LogP contribution >= 0.6 is 0 Å². The Balaban J connectivity index is 1.00. The van der Waals surface area contributed by atoms with E-state index in [0.29, 0.717) is 0 Å². The zero-order valence-corrected chi connectivity index (χ0v) is 40.2. The lowest BCUT2D eigenvalue weighted by atomic mass is 9.55. The number of hydrogen-bond donors (Lipinski definition) is 0. The number of nitrogens with zero attached hydrogens (tertiary/aromatic N) is 4. The third-order valence-electron chi connectivity index (χ3n) is 17.7. The van der Waals surface area contributed by atoms with Crippen molar-refractivity contribution in [2.45, 2.75) is 30.1 Å². The molecule has 17 rings (SSSR count). The van der Waals surface area contributed by atoms with Gasteiger partial charge in [0.15, 0.2) is 0 Å². The summed E-state index contributed by atoms with van der Waals surface area (Å²) in [5.74, 6) is 0. The Labute approximate surface area is 422 Å². The Hall–Kier alpha value is -9.12. The summed E-state index contributed by atoms with van der Waals surface area (Å²) in [7, 11) is 0. The number of para-hydroxylation sites is 3. The summed E-state index contributed by atoms with van der Waals surface area (Å²) in [6.07, 6.45) is 4.05. The standard InChI is InChI=1S/C69H44N4/c1-67(2)53-29-14-15-30-54(53)69(58-38-49-45-23-8-13-28-52(45)68(56(49)39-57(58)67)50-26-11-6-21-43(50)44-22-7-12-27-51(44)68)55-31-18-36-70-64(55)65-59(69)37-42(40-71-65)73-60-32-16-9-24-46(60)47-34-35-62-63(66(47)73)48-25-10-17-33-61(48)72(62)41-19-4-3-5-20-41/h3-40H,1-2H3. The molecule has 0 N–H and O–H groups in total. The van der Waals surface area contributed by atoms with Crippen LogP contribution in [0.5, 0.6) is 0 Å². The first-order chi connectivity index (χ1) is 36.0. The van der Waals surface area contributed by atoms with Crippen molar-refractivity contribution in [2.75, 3.05) is 0 Å². The van der Waals surface area contributed by atoms with Gasteiger partial charge in [0, 0.05) is 44.4 Å². The fourth-order valence-corrected chi connectivity index (χ4v) is 14.9. The minimum absolute atomic E-state index is 0.360.